The molecule has 9 aromatic rings. The van der Waals surface area contributed by atoms with E-state index in [1.54, 1.807) is 0 Å². The van der Waals surface area contributed by atoms with Crippen LogP contribution < -0.4 is 4.74 Å². The first kappa shape index (κ1) is 30.3. The van der Waals surface area contributed by atoms with Crippen molar-refractivity contribution >= 4 is 11.0 Å². The monoisotopic (exact) mass is 691 g/mol. The van der Waals surface area contributed by atoms with Gasteiger partial charge in [0.1, 0.15) is 11.5 Å². The number of hydrogen-bond donors (Lipinski definition) is 0. The van der Waals surface area contributed by atoms with E-state index in [0.29, 0.717) is 17.5 Å². The highest BCUT2D eigenvalue weighted by atomic mass is 16.5. The maximum atomic E-state index is 6.73. The van der Waals surface area contributed by atoms with Crippen molar-refractivity contribution in [1.29, 1.82) is 0 Å². The van der Waals surface area contributed by atoms with Crippen LogP contribution in [0.25, 0.3) is 67.6 Å². The van der Waals surface area contributed by atoms with Gasteiger partial charge in [0.15, 0.2) is 17.5 Å². The van der Waals surface area contributed by atoms with Crippen LogP contribution in [0.2, 0.25) is 0 Å². The summed E-state index contributed by atoms with van der Waals surface area (Å²) in [7, 11) is 0. The normalized spacial score (nSPS) is 13.1. The molecule has 1 spiro atoms. The van der Waals surface area contributed by atoms with Crippen molar-refractivity contribution in [3.63, 3.8) is 0 Å². The van der Waals surface area contributed by atoms with E-state index < -0.39 is 5.41 Å². The number of rotatable bonds is 4. The molecule has 6 heteroatoms. The lowest BCUT2D eigenvalue weighted by molar-refractivity contribution is 0.436. The quantitative estimate of drug-likeness (QED) is 0.183. The molecule has 0 fully saturated rings. The number of ether oxygens (including phenoxy) is 1. The van der Waals surface area contributed by atoms with Gasteiger partial charge in [-0.1, -0.05) is 146 Å². The summed E-state index contributed by atoms with van der Waals surface area (Å²) < 4.78 is 6.73. The Balaban J connectivity index is 1.27. The van der Waals surface area contributed by atoms with E-state index >= 15 is 0 Å². The third-order valence-electron chi connectivity index (χ3n) is 10.6. The lowest BCUT2D eigenvalue weighted by Crippen LogP contribution is -2.33. The van der Waals surface area contributed by atoms with Crippen LogP contribution in [0.3, 0.4) is 0 Å². The molecule has 0 saturated heterocycles. The Labute approximate surface area is 311 Å². The SMILES string of the molecule is c1ccc(-c2nc(-c3ccccc3)nc(-c3cccc4c3C3(c5ccccc5Oc5ccccc53)c3c(-c5cnc6ccccc6n5)cccc3-4)n2)cc1. The molecular formula is C48H29N5O. The van der Waals surface area contributed by atoms with Crippen LogP contribution in [0, 0.1) is 0 Å². The molecule has 0 N–H and O–H groups in total. The standard InChI is InChI=1S/C48H29N5O/c1-3-15-30(16-4-1)45-51-46(31-17-5-2-6-18-31)53-47(52-45)35-22-14-20-33-32-19-13-21-34(40-29-49-38-25-9-10-26-39(38)50-40)43(32)48(44(33)35)36-23-7-11-27-41(36)54-42-28-12-8-24-37(42)48/h1-29H. The maximum absolute atomic E-state index is 6.73. The van der Waals surface area contributed by atoms with E-state index in [2.05, 4.69) is 72.8 Å². The molecule has 0 radical (unpaired) electrons. The first-order chi connectivity index (χ1) is 26.8. The molecule has 1 aliphatic heterocycles. The molecule has 0 atom stereocenters. The summed E-state index contributed by atoms with van der Waals surface area (Å²) in [5.41, 5.74) is 12.0. The maximum Gasteiger partial charge on any atom is 0.164 e. The lowest BCUT2D eigenvalue weighted by Gasteiger charge is -2.40. The fraction of sp³-hybridized carbons (Fsp3) is 0.0208. The Morgan fingerprint density at radius 2 is 0.852 bits per heavy atom. The molecule has 11 rings (SSSR count). The van der Waals surface area contributed by atoms with E-state index in [1.165, 1.54) is 0 Å². The minimum atomic E-state index is -0.830. The second-order valence-electron chi connectivity index (χ2n) is 13.6. The molecule has 54 heavy (non-hydrogen) atoms. The van der Waals surface area contributed by atoms with E-state index in [0.717, 1.165) is 83.9 Å². The van der Waals surface area contributed by atoms with Crippen LogP contribution in [-0.4, -0.2) is 24.9 Å². The largest absolute Gasteiger partial charge is 0.457 e. The molecule has 0 amide bonds. The van der Waals surface area contributed by atoms with Crippen molar-refractivity contribution in [2.24, 2.45) is 0 Å². The molecular weight excluding hydrogens is 663 g/mol. The van der Waals surface area contributed by atoms with Crippen LogP contribution in [0.15, 0.2) is 176 Å². The van der Waals surface area contributed by atoms with Crippen LogP contribution in [0.1, 0.15) is 22.3 Å². The number of fused-ring (bicyclic) bond motifs is 10. The second-order valence-corrected chi connectivity index (χ2v) is 13.6. The van der Waals surface area contributed by atoms with Crippen LogP contribution in [0.4, 0.5) is 0 Å². The van der Waals surface area contributed by atoms with Gasteiger partial charge in [-0.3, -0.25) is 4.98 Å². The highest BCUT2D eigenvalue weighted by molar-refractivity contribution is 5.97. The van der Waals surface area contributed by atoms with Gasteiger partial charge in [0.25, 0.3) is 0 Å². The van der Waals surface area contributed by atoms with Gasteiger partial charge in [-0.05, 0) is 46.5 Å². The average Bonchev–Trinajstić information content (AvgIpc) is 3.55. The third-order valence-corrected chi connectivity index (χ3v) is 10.6. The van der Waals surface area contributed by atoms with Crippen molar-refractivity contribution in [3.05, 3.63) is 198 Å². The van der Waals surface area contributed by atoms with Crippen molar-refractivity contribution in [2.45, 2.75) is 5.41 Å². The molecule has 252 valence electrons. The van der Waals surface area contributed by atoms with Gasteiger partial charge in [0, 0.05) is 33.4 Å². The summed E-state index contributed by atoms with van der Waals surface area (Å²) in [6.45, 7) is 0. The van der Waals surface area contributed by atoms with Gasteiger partial charge in [0.05, 0.1) is 28.3 Å². The first-order valence-electron chi connectivity index (χ1n) is 18.0. The second kappa shape index (κ2) is 11.9. The molecule has 2 aliphatic rings. The molecule has 0 bridgehead atoms. The number of benzene rings is 7. The van der Waals surface area contributed by atoms with Crippen molar-refractivity contribution in [1.82, 2.24) is 24.9 Å². The van der Waals surface area contributed by atoms with Crippen molar-refractivity contribution < 1.29 is 4.74 Å². The predicted octanol–water partition coefficient (Wildman–Crippen LogP) is 11.0. The molecule has 6 nitrogen and oxygen atoms in total. The minimum Gasteiger partial charge on any atom is -0.457 e. The summed E-state index contributed by atoms with van der Waals surface area (Å²) in [6.07, 6.45) is 1.90. The van der Waals surface area contributed by atoms with Crippen LogP contribution in [-0.2, 0) is 5.41 Å². The van der Waals surface area contributed by atoms with Gasteiger partial charge in [-0.15, -0.1) is 0 Å². The molecule has 7 aromatic carbocycles. The lowest BCUT2D eigenvalue weighted by atomic mass is 9.64. The van der Waals surface area contributed by atoms with Crippen LogP contribution >= 0.6 is 0 Å². The van der Waals surface area contributed by atoms with E-state index in [1.807, 2.05) is 103 Å². The topological polar surface area (TPSA) is 73.7 Å². The Hall–Kier alpha value is -7.31. The summed E-state index contributed by atoms with van der Waals surface area (Å²) >= 11 is 0. The van der Waals surface area contributed by atoms with Gasteiger partial charge >= 0.3 is 0 Å². The highest BCUT2D eigenvalue weighted by Crippen LogP contribution is 2.65. The Morgan fingerprint density at radius 1 is 0.370 bits per heavy atom. The van der Waals surface area contributed by atoms with Gasteiger partial charge in [-0.2, -0.15) is 0 Å². The van der Waals surface area contributed by atoms with E-state index in [-0.39, 0.29) is 0 Å². The number of para-hydroxylation sites is 4. The van der Waals surface area contributed by atoms with Gasteiger partial charge in [-0.25, -0.2) is 19.9 Å². The Kier molecular flexibility index (Phi) is 6.67. The smallest absolute Gasteiger partial charge is 0.164 e. The fourth-order valence-corrected chi connectivity index (χ4v) is 8.44. The van der Waals surface area contributed by atoms with Gasteiger partial charge < -0.3 is 4.74 Å². The zero-order chi connectivity index (χ0) is 35.6. The first-order valence-corrected chi connectivity index (χ1v) is 18.0. The van der Waals surface area contributed by atoms with Gasteiger partial charge in [0.2, 0.25) is 0 Å². The zero-order valence-corrected chi connectivity index (χ0v) is 28.9. The molecule has 0 unspecified atom stereocenters. The van der Waals surface area contributed by atoms with E-state index in [4.69, 9.17) is 29.7 Å². The highest BCUT2D eigenvalue weighted by Gasteiger charge is 2.53. The fourth-order valence-electron chi connectivity index (χ4n) is 8.44. The summed E-state index contributed by atoms with van der Waals surface area (Å²) in [5, 5.41) is 0. The summed E-state index contributed by atoms with van der Waals surface area (Å²) in [4.78, 5) is 25.7. The molecule has 2 aromatic heterocycles. The summed E-state index contributed by atoms with van der Waals surface area (Å²) in [5.74, 6) is 3.42. The Bertz CT molecular complexity index is 2820. The molecule has 3 heterocycles. The molecule has 0 saturated carbocycles. The Morgan fingerprint density at radius 3 is 1.48 bits per heavy atom. The van der Waals surface area contributed by atoms with E-state index in [9.17, 15) is 0 Å². The number of hydrogen-bond acceptors (Lipinski definition) is 6. The van der Waals surface area contributed by atoms with Crippen LogP contribution in [0.5, 0.6) is 11.5 Å². The third kappa shape index (κ3) is 4.43. The number of nitrogens with zero attached hydrogens (tertiary/aromatic N) is 5. The molecule has 1 aliphatic carbocycles. The number of aromatic nitrogens is 5. The summed E-state index contributed by atoms with van der Waals surface area (Å²) in [6, 6.07) is 58.1. The predicted molar refractivity (Wildman–Crippen MR) is 212 cm³/mol. The minimum absolute atomic E-state index is 0.597. The average molecular weight is 692 g/mol. The zero-order valence-electron chi connectivity index (χ0n) is 28.9. The van der Waals surface area contributed by atoms with Crippen molar-refractivity contribution in [2.75, 3.05) is 0 Å². The van der Waals surface area contributed by atoms with Crippen molar-refractivity contribution in [3.8, 4) is 68.0 Å².